The van der Waals surface area contributed by atoms with Crippen LogP contribution in [0.1, 0.15) is 24.8 Å². The molecule has 23 heavy (non-hydrogen) atoms. The number of allylic oxidation sites excluding steroid dienone is 2. The minimum Gasteiger partial charge on any atom is -0.473 e. The van der Waals surface area contributed by atoms with Crippen LogP contribution in [0.2, 0.25) is 0 Å². The number of benzene rings is 1. The number of carbonyl (C=O) groups is 2. The lowest BCUT2D eigenvalue weighted by Gasteiger charge is -2.11. The summed E-state index contributed by atoms with van der Waals surface area (Å²) in [6.07, 6.45) is 5.54. The van der Waals surface area contributed by atoms with Gasteiger partial charge in [0.15, 0.2) is 0 Å². The minimum absolute atomic E-state index is 0.698. The van der Waals surface area contributed by atoms with Gasteiger partial charge in [0.1, 0.15) is 0 Å². The van der Waals surface area contributed by atoms with Gasteiger partial charge < -0.3 is 15.1 Å². The molecule has 0 aliphatic heterocycles. The third-order valence-electron chi connectivity index (χ3n) is 2.88. The van der Waals surface area contributed by atoms with Gasteiger partial charge in [-0.1, -0.05) is 36.4 Å². The van der Waals surface area contributed by atoms with E-state index < -0.39 is 11.9 Å². The monoisotopic (exact) mass is 341 g/mol. The molecule has 128 valence electrons. The fourth-order valence-electron chi connectivity index (χ4n) is 1.83. The van der Waals surface area contributed by atoms with Crippen LogP contribution in [-0.4, -0.2) is 53.6 Å². The molecular formula is C17H24ClNO4. The van der Waals surface area contributed by atoms with Gasteiger partial charge >= 0.3 is 11.9 Å². The largest absolute Gasteiger partial charge is 0.473 e. The van der Waals surface area contributed by atoms with Gasteiger partial charge in [0, 0.05) is 5.88 Å². The van der Waals surface area contributed by atoms with Crippen molar-refractivity contribution in [1.29, 1.82) is 0 Å². The predicted octanol–water partition coefficient (Wildman–Crippen LogP) is 3.20. The van der Waals surface area contributed by atoms with Crippen LogP contribution < -0.4 is 0 Å². The Kier molecular flexibility index (Phi) is 11.7. The number of halogens is 1. The van der Waals surface area contributed by atoms with Crippen molar-refractivity contribution >= 4 is 29.1 Å². The molecule has 5 nitrogen and oxygen atoms in total. The summed E-state index contributed by atoms with van der Waals surface area (Å²) in [7, 11) is 4.23. The second-order valence-corrected chi connectivity index (χ2v) is 5.47. The third-order valence-corrected chi connectivity index (χ3v) is 3.10. The van der Waals surface area contributed by atoms with Crippen molar-refractivity contribution in [2.24, 2.45) is 0 Å². The Labute approximate surface area is 142 Å². The highest BCUT2D eigenvalue weighted by atomic mass is 35.5. The summed E-state index contributed by atoms with van der Waals surface area (Å²) in [5, 5.41) is 14.8. The fraction of sp³-hybridized carbons (Fsp3) is 0.412. The molecule has 2 N–H and O–H groups in total. The van der Waals surface area contributed by atoms with E-state index >= 15 is 0 Å². The maximum absolute atomic E-state index is 9.10. The quantitative estimate of drug-likeness (QED) is 0.588. The number of alkyl halides is 1. The number of aliphatic carboxylic acids is 2. The van der Waals surface area contributed by atoms with Crippen LogP contribution in [0, 0.1) is 0 Å². The highest BCUT2D eigenvalue weighted by molar-refractivity contribution is 6.27. The lowest BCUT2D eigenvalue weighted by atomic mass is 10.00. The summed E-state index contributed by atoms with van der Waals surface area (Å²) in [4.78, 5) is 20.4. The maximum atomic E-state index is 9.10. The third kappa shape index (κ3) is 11.4. The van der Waals surface area contributed by atoms with Gasteiger partial charge in [0.05, 0.1) is 0 Å². The molecule has 0 heterocycles. The van der Waals surface area contributed by atoms with E-state index in [-0.39, 0.29) is 0 Å². The molecule has 0 saturated carbocycles. The van der Waals surface area contributed by atoms with Crippen molar-refractivity contribution in [3.63, 3.8) is 0 Å². The average molecular weight is 342 g/mol. The molecule has 0 spiro atoms. The van der Waals surface area contributed by atoms with Gasteiger partial charge in [0.25, 0.3) is 0 Å². The SMILES string of the molecule is CN(C)CCCC(=CCCCl)c1ccccc1.O=C(O)C(=O)O. The molecule has 0 saturated heterocycles. The van der Waals surface area contributed by atoms with E-state index in [1.165, 1.54) is 17.6 Å². The van der Waals surface area contributed by atoms with E-state index in [1.54, 1.807) is 0 Å². The van der Waals surface area contributed by atoms with Crippen molar-refractivity contribution in [2.45, 2.75) is 19.3 Å². The van der Waals surface area contributed by atoms with Gasteiger partial charge in [-0.3, -0.25) is 0 Å². The number of rotatable bonds is 7. The summed E-state index contributed by atoms with van der Waals surface area (Å²) in [5.41, 5.74) is 2.75. The first-order chi connectivity index (χ1) is 10.9. The van der Waals surface area contributed by atoms with Crippen molar-refractivity contribution < 1.29 is 19.8 Å². The number of hydrogen-bond donors (Lipinski definition) is 2. The zero-order valence-corrected chi connectivity index (χ0v) is 14.3. The zero-order chi connectivity index (χ0) is 17.7. The molecule has 1 aromatic carbocycles. The van der Waals surface area contributed by atoms with E-state index in [4.69, 9.17) is 31.4 Å². The van der Waals surface area contributed by atoms with Crippen LogP contribution in [0.5, 0.6) is 0 Å². The molecule has 0 bridgehead atoms. The fourth-order valence-corrected chi connectivity index (χ4v) is 1.94. The van der Waals surface area contributed by atoms with Gasteiger partial charge in [-0.05, 0) is 51.0 Å². The number of hydrogen-bond acceptors (Lipinski definition) is 3. The standard InChI is InChI=1S/C15H22ClN.C2H2O4/c1-17(2)13-7-11-15(10-6-12-16)14-8-4-3-5-9-14;3-1(4)2(5)6/h3-5,8-10H,6-7,11-13H2,1-2H3;(H,3,4)(H,5,6). The normalized spacial score (nSPS) is 10.9. The highest BCUT2D eigenvalue weighted by Gasteiger charge is 2.04. The van der Waals surface area contributed by atoms with Gasteiger partial charge in [-0.25, -0.2) is 9.59 Å². The molecule has 0 aromatic heterocycles. The molecule has 0 atom stereocenters. The molecule has 0 amide bonds. The smallest absolute Gasteiger partial charge is 0.414 e. The summed E-state index contributed by atoms with van der Waals surface area (Å²) in [6, 6.07) is 10.6. The number of carboxylic acids is 2. The maximum Gasteiger partial charge on any atom is 0.414 e. The van der Waals surface area contributed by atoms with E-state index in [9.17, 15) is 0 Å². The van der Waals surface area contributed by atoms with Gasteiger partial charge in [0.2, 0.25) is 0 Å². The molecule has 0 unspecified atom stereocenters. The molecule has 0 aliphatic carbocycles. The predicted molar refractivity (Wildman–Crippen MR) is 92.8 cm³/mol. The second-order valence-electron chi connectivity index (χ2n) is 5.09. The average Bonchev–Trinajstić information content (AvgIpc) is 2.51. The Morgan fingerprint density at radius 1 is 1.13 bits per heavy atom. The summed E-state index contributed by atoms with van der Waals surface area (Å²) >= 11 is 5.76. The topological polar surface area (TPSA) is 77.8 Å². The lowest BCUT2D eigenvalue weighted by Crippen LogP contribution is -2.12. The zero-order valence-electron chi connectivity index (χ0n) is 13.5. The minimum atomic E-state index is -1.82. The molecule has 1 aromatic rings. The van der Waals surface area contributed by atoms with E-state index in [2.05, 4.69) is 55.4 Å². The Hall–Kier alpha value is -1.85. The van der Waals surface area contributed by atoms with Crippen LogP contribution in [0.15, 0.2) is 36.4 Å². The Bertz CT molecular complexity index is 489. The molecule has 0 aliphatic rings. The summed E-state index contributed by atoms with van der Waals surface area (Å²) in [5.74, 6) is -2.95. The van der Waals surface area contributed by atoms with Crippen LogP contribution >= 0.6 is 11.6 Å². The Balaban J connectivity index is 0.000000688. The van der Waals surface area contributed by atoms with E-state index in [1.807, 2.05) is 0 Å². The Morgan fingerprint density at radius 2 is 1.70 bits per heavy atom. The van der Waals surface area contributed by atoms with Crippen LogP contribution in [0.3, 0.4) is 0 Å². The van der Waals surface area contributed by atoms with Gasteiger partial charge in [-0.2, -0.15) is 0 Å². The van der Waals surface area contributed by atoms with Crippen LogP contribution in [-0.2, 0) is 9.59 Å². The van der Waals surface area contributed by atoms with Gasteiger partial charge in [-0.15, -0.1) is 11.6 Å². The first kappa shape index (κ1) is 21.1. The lowest BCUT2D eigenvalue weighted by molar-refractivity contribution is -0.159. The first-order valence-electron chi connectivity index (χ1n) is 7.29. The van der Waals surface area contributed by atoms with Crippen LogP contribution in [0.4, 0.5) is 0 Å². The summed E-state index contributed by atoms with van der Waals surface area (Å²) in [6.45, 7) is 1.13. The molecule has 0 radical (unpaired) electrons. The molecule has 6 heteroatoms. The van der Waals surface area contributed by atoms with Crippen molar-refractivity contribution in [3.8, 4) is 0 Å². The van der Waals surface area contributed by atoms with E-state index in [0.29, 0.717) is 5.88 Å². The summed E-state index contributed by atoms with van der Waals surface area (Å²) < 4.78 is 0. The van der Waals surface area contributed by atoms with Crippen LogP contribution in [0.25, 0.3) is 5.57 Å². The number of carboxylic acid groups (broad SMARTS) is 2. The first-order valence-corrected chi connectivity index (χ1v) is 7.83. The van der Waals surface area contributed by atoms with Crippen molar-refractivity contribution in [1.82, 2.24) is 4.90 Å². The van der Waals surface area contributed by atoms with Crippen molar-refractivity contribution in [2.75, 3.05) is 26.5 Å². The highest BCUT2D eigenvalue weighted by Crippen LogP contribution is 2.20. The Morgan fingerprint density at radius 3 is 2.13 bits per heavy atom. The molecule has 1 rings (SSSR count). The van der Waals surface area contributed by atoms with E-state index in [0.717, 1.165) is 19.4 Å². The molecule has 0 fully saturated rings. The second kappa shape index (κ2) is 12.7. The number of nitrogens with zero attached hydrogens (tertiary/aromatic N) is 1. The molecular weight excluding hydrogens is 318 g/mol. The van der Waals surface area contributed by atoms with Crippen molar-refractivity contribution in [3.05, 3.63) is 42.0 Å².